The molecule has 0 aliphatic heterocycles. The molecule has 0 spiro atoms. The van der Waals surface area contributed by atoms with Gasteiger partial charge in [0.2, 0.25) is 11.6 Å². The molecule has 0 N–H and O–H groups in total. The van der Waals surface area contributed by atoms with Crippen molar-refractivity contribution in [3.63, 3.8) is 0 Å². The smallest absolute Gasteiger partial charge is 0.203 e. The first-order valence-corrected chi connectivity index (χ1v) is 6.62. The van der Waals surface area contributed by atoms with E-state index in [1.165, 1.54) is 0 Å². The lowest BCUT2D eigenvalue weighted by Crippen LogP contribution is -2.15. The van der Waals surface area contributed by atoms with E-state index in [4.69, 9.17) is 9.47 Å². The third-order valence-corrected chi connectivity index (χ3v) is 2.75. The Bertz CT molecular complexity index is 428. The van der Waals surface area contributed by atoms with E-state index in [2.05, 4.69) is 4.74 Å². The maximum Gasteiger partial charge on any atom is 0.203 e. The van der Waals surface area contributed by atoms with Gasteiger partial charge in [-0.1, -0.05) is 6.92 Å². The summed E-state index contributed by atoms with van der Waals surface area (Å²) in [6.07, 6.45) is 1.01. The summed E-state index contributed by atoms with van der Waals surface area (Å²) in [4.78, 5) is 0. The molecule has 1 rings (SSSR count). The van der Waals surface area contributed by atoms with Gasteiger partial charge in [-0.25, -0.2) is 8.78 Å². The summed E-state index contributed by atoms with van der Waals surface area (Å²) in [5.41, 5.74) is 0. The summed E-state index contributed by atoms with van der Waals surface area (Å²) in [6.45, 7) is 4.36. The Labute approximate surface area is 120 Å². The van der Waals surface area contributed by atoms with Crippen molar-refractivity contribution in [1.29, 1.82) is 0 Å². The summed E-state index contributed by atoms with van der Waals surface area (Å²) in [7, 11) is 0. The summed E-state index contributed by atoms with van der Waals surface area (Å²) in [6, 6.07) is 0.125. The molecular formula is C14H18F4O3. The van der Waals surface area contributed by atoms with Crippen molar-refractivity contribution in [3.8, 4) is 5.75 Å². The minimum Gasteiger partial charge on any atom is -0.485 e. The van der Waals surface area contributed by atoms with E-state index < -0.39 is 29.0 Å². The van der Waals surface area contributed by atoms with Crippen LogP contribution in [0.25, 0.3) is 0 Å². The molecule has 3 nitrogen and oxygen atoms in total. The Morgan fingerprint density at radius 3 is 2.10 bits per heavy atom. The second kappa shape index (κ2) is 8.84. The van der Waals surface area contributed by atoms with Gasteiger partial charge in [-0.15, -0.1) is 0 Å². The molecule has 0 bridgehead atoms. The van der Waals surface area contributed by atoms with Crippen molar-refractivity contribution >= 4 is 0 Å². The zero-order valence-corrected chi connectivity index (χ0v) is 11.9. The van der Waals surface area contributed by atoms with E-state index in [9.17, 15) is 17.6 Å². The summed E-state index contributed by atoms with van der Waals surface area (Å²) < 4.78 is 67.4. The number of halogens is 4. The molecule has 1 atom stereocenters. The molecule has 0 amide bonds. The van der Waals surface area contributed by atoms with Crippen LogP contribution in [-0.4, -0.2) is 32.5 Å². The first-order valence-electron chi connectivity index (χ1n) is 6.62. The Morgan fingerprint density at radius 1 is 0.952 bits per heavy atom. The van der Waals surface area contributed by atoms with Gasteiger partial charge in [0.1, 0.15) is 6.61 Å². The monoisotopic (exact) mass is 310 g/mol. The van der Waals surface area contributed by atoms with Crippen LogP contribution in [0.15, 0.2) is 6.07 Å². The lowest BCUT2D eigenvalue weighted by Gasteiger charge is -2.11. The van der Waals surface area contributed by atoms with Gasteiger partial charge in [-0.2, -0.15) is 8.78 Å². The topological polar surface area (TPSA) is 27.7 Å². The van der Waals surface area contributed by atoms with Crippen molar-refractivity contribution in [2.75, 3.05) is 26.4 Å². The predicted octanol–water partition coefficient (Wildman–Crippen LogP) is 3.45. The highest BCUT2D eigenvalue weighted by atomic mass is 19.2. The molecule has 120 valence electrons. The molecule has 0 fully saturated rings. The van der Waals surface area contributed by atoms with Gasteiger partial charge in [-0.3, -0.25) is 0 Å². The zero-order chi connectivity index (χ0) is 15.8. The summed E-state index contributed by atoms with van der Waals surface area (Å²) >= 11 is 0. The normalized spacial score (nSPS) is 12.5. The second-order valence-electron chi connectivity index (χ2n) is 4.35. The quantitative estimate of drug-likeness (QED) is 0.397. The average Bonchev–Trinajstić information content (AvgIpc) is 2.47. The Morgan fingerprint density at radius 2 is 1.52 bits per heavy atom. The van der Waals surface area contributed by atoms with Crippen LogP contribution < -0.4 is 4.74 Å². The van der Waals surface area contributed by atoms with Gasteiger partial charge < -0.3 is 14.2 Å². The maximum absolute atomic E-state index is 13.2. The van der Waals surface area contributed by atoms with Crippen molar-refractivity contribution in [1.82, 2.24) is 0 Å². The fourth-order valence-electron chi connectivity index (χ4n) is 1.41. The molecule has 0 radical (unpaired) electrons. The predicted molar refractivity (Wildman–Crippen MR) is 68.3 cm³/mol. The number of ether oxygens (including phenoxy) is 3. The Balaban J connectivity index is 2.31. The van der Waals surface area contributed by atoms with Crippen molar-refractivity contribution in [2.45, 2.75) is 26.4 Å². The summed E-state index contributed by atoms with van der Waals surface area (Å²) in [5, 5.41) is 0. The molecule has 0 aliphatic carbocycles. The largest absolute Gasteiger partial charge is 0.485 e. The third-order valence-electron chi connectivity index (χ3n) is 2.75. The van der Waals surface area contributed by atoms with Gasteiger partial charge >= 0.3 is 0 Å². The van der Waals surface area contributed by atoms with E-state index in [1.54, 1.807) is 0 Å². The third kappa shape index (κ3) is 5.51. The minimum absolute atomic E-state index is 0.0148. The van der Waals surface area contributed by atoms with Crippen molar-refractivity contribution in [3.05, 3.63) is 29.3 Å². The van der Waals surface area contributed by atoms with Crippen LogP contribution in [0.3, 0.4) is 0 Å². The van der Waals surface area contributed by atoms with Crippen molar-refractivity contribution in [2.24, 2.45) is 0 Å². The van der Waals surface area contributed by atoms with Crippen molar-refractivity contribution < 1.29 is 31.8 Å². The van der Waals surface area contributed by atoms with Crippen LogP contribution in [0.2, 0.25) is 0 Å². The highest BCUT2D eigenvalue weighted by Gasteiger charge is 2.20. The first-order chi connectivity index (χ1) is 9.97. The van der Waals surface area contributed by atoms with Crippen LogP contribution in [0.5, 0.6) is 5.75 Å². The van der Waals surface area contributed by atoms with E-state index in [0.29, 0.717) is 6.61 Å². The number of rotatable bonds is 9. The Hall–Kier alpha value is -1.34. The summed E-state index contributed by atoms with van der Waals surface area (Å²) in [5.74, 6) is -7.21. The van der Waals surface area contributed by atoms with Crippen LogP contribution in [0, 0.1) is 23.3 Å². The van der Waals surface area contributed by atoms with Gasteiger partial charge in [0, 0.05) is 6.07 Å². The van der Waals surface area contributed by atoms with Gasteiger partial charge in [0.15, 0.2) is 17.4 Å². The van der Waals surface area contributed by atoms with Gasteiger partial charge in [0.05, 0.1) is 25.9 Å². The van der Waals surface area contributed by atoms with E-state index in [0.717, 1.165) is 6.42 Å². The first kappa shape index (κ1) is 17.7. The highest BCUT2D eigenvalue weighted by molar-refractivity contribution is 5.28. The zero-order valence-electron chi connectivity index (χ0n) is 11.9. The highest BCUT2D eigenvalue weighted by Crippen LogP contribution is 2.26. The number of benzene rings is 1. The average molecular weight is 310 g/mol. The lowest BCUT2D eigenvalue weighted by molar-refractivity contribution is 0.00445. The van der Waals surface area contributed by atoms with Crippen LogP contribution in [0.4, 0.5) is 17.6 Å². The molecule has 0 aliphatic rings. The molecule has 1 aromatic carbocycles. The molecule has 0 heterocycles. The molecule has 1 aromatic rings. The molecule has 0 saturated carbocycles. The molecule has 21 heavy (non-hydrogen) atoms. The van der Waals surface area contributed by atoms with E-state index >= 15 is 0 Å². The number of hydrogen-bond donors (Lipinski definition) is 0. The molecule has 7 heteroatoms. The number of hydrogen-bond acceptors (Lipinski definition) is 3. The van der Waals surface area contributed by atoms with Gasteiger partial charge in [0.25, 0.3) is 0 Å². The minimum atomic E-state index is -1.56. The maximum atomic E-state index is 13.2. The van der Waals surface area contributed by atoms with Crippen LogP contribution in [-0.2, 0) is 9.47 Å². The van der Waals surface area contributed by atoms with E-state index in [-0.39, 0.29) is 32.0 Å². The van der Waals surface area contributed by atoms with Crippen LogP contribution >= 0.6 is 0 Å². The molecule has 0 saturated heterocycles. The fraction of sp³-hybridized carbons (Fsp3) is 0.571. The van der Waals surface area contributed by atoms with Crippen LogP contribution in [0.1, 0.15) is 20.3 Å². The fourth-order valence-corrected chi connectivity index (χ4v) is 1.41. The molecule has 1 unspecified atom stereocenters. The standard InChI is InChI=1S/C14H18F4O3/c1-3-9(2)20-6-4-19-5-7-21-14-12(17)10(15)8-11(16)13(14)18/h8-9H,3-7H2,1-2H3. The Kier molecular flexibility index (Phi) is 7.45. The molecule has 0 aromatic heterocycles. The molecular weight excluding hydrogens is 292 g/mol. The van der Waals surface area contributed by atoms with E-state index in [1.807, 2.05) is 13.8 Å². The SMILES string of the molecule is CCC(C)OCCOCCOc1c(F)c(F)cc(F)c1F. The van der Waals surface area contributed by atoms with Gasteiger partial charge in [-0.05, 0) is 13.3 Å². The lowest BCUT2D eigenvalue weighted by atomic mass is 10.3. The second-order valence-corrected chi connectivity index (χ2v) is 4.35.